The number of carbonyl (C=O) groups is 1. The molecule has 0 aliphatic rings. The van der Waals surface area contributed by atoms with Gasteiger partial charge >= 0.3 is 5.97 Å². The lowest BCUT2D eigenvalue weighted by atomic mass is 10.00. The molecule has 1 aromatic carbocycles. The van der Waals surface area contributed by atoms with Crippen LogP contribution in [0.3, 0.4) is 0 Å². The lowest BCUT2D eigenvalue weighted by Gasteiger charge is -2.11. The van der Waals surface area contributed by atoms with Crippen molar-refractivity contribution in [1.82, 2.24) is 4.98 Å². The molecule has 0 bridgehead atoms. The van der Waals surface area contributed by atoms with E-state index in [0.29, 0.717) is 21.7 Å². The summed E-state index contributed by atoms with van der Waals surface area (Å²) in [7, 11) is 0. The fraction of sp³-hybridized carbons (Fsp3) is 0.0769. The highest BCUT2D eigenvalue weighted by Gasteiger charge is 2.15. The smallest absolute Gasteiger partial charge is 0.307 e. The second-order valence-electron chi connectivity index (χ2n) is 3.98. The summed E-state index contributed by atoms with van der Waals surface area (Å²) in [6.45, 7) is 0. The molecule has 0 saturated heterocycles. The topological polar surface area (TPSA) is 50.2 Å². The number of aliphatic carboxylic acids is 1. The molecule has 20 heavy (non-hydrogen) atoms. The second kappa shape index (κ2) is 6.19. The molecule has 0 aliphatic carbocycles. The van der Waals surface area contributed by atoms with Gasteiger partial charge in [-0.3, -0.25) is 4.79 Å². The number of benzene rings is 1. The number of rotatable bonds is 3. The standard InChI is InChI=1S/C13H7Cl4NO2/c14-7-3-8(13(17)10(15)4-7)9-5-18-11(16)1-6(9)2-12(19)20/h1,3-5H,2H2,(H,19,20). The molecule has 0 radical (unpaired) electrons. The zero-order valence-electron chi connectivity index (χ0n) is 9.83. The maximum absolute atomic E-state index is 10.9. The van der Waals surface area contributed by atoms with E-state index in [1.165, 1.54) is 18.3 Å². The Morgan fingerprint density at radius 3 is 2.45 bits per heavy atom. The van der Waals surface area contributed by atoms with Crippen LogP contribution in [0.4, 0.5) is 0 Å². The maximum atomic E-state index is 10.9. The molecule has 0 spiro atoms. The number of pyridine rings is 1. The van der Waals surface area contributed by atoms with Crippen LogP contribution in [0.5, 0.6) is 0 Å². The van der Waals surface area contributed by atoms with Gasteiger partial charge in [-0.25, -0.2) is 4.98 Å². The average molecular weight is 351 g/mol. The van der Waals surface area contributed by atoms with Gasteiger partial charge in [0, 0.05) is 22.3 Å². The third kappa shape index (κ3) is 3.36. The molecule has 2 aromatic rings. The number of aromatic nitrogens is 1. The minimum absolute atomic E-state index is 0.203. The summed E-state index contributed by atoms with van der Waals surface area (Å²) in [5.74, 6) is -0.988. The first-order valence-corrected chi connectivity index (χ1v) is 6.91. The Balaban J connectivity index is 2.66. The molecule has 3 nitrogen and oxygen atoms in total. The zero-order valence-corrected chi connectivity index (χ0v) is 12.9. The third-order valence-electron chi connectivity index (χ3n) is 2.58. The SMILES string of the molecule is O=C(O)Cc1cc(Cl)ncc1-c1cc(Cl)cc(Cl)c1Cl. The molecular formula is C13H7Cl4NO2. The van der Waals surface area contributed by atoms with Crippen molar-refractivity contribution in [2.75, 3.05) is 0 Å². The van der Waals surface area contributed by atoms with Gasteiger partial charge in [-0.2, -0.15) is 0 Å². The van der Waals surface area contributed by atoms with Crippen molar-refractivity contribution in [3.05, 3.63) is 50.2 Å². The minimum atomic E-state index is -0.988. The highest BCUT2D eigenvalue weighted by atomic mass is 35.5. The van der Waals surface area contributed by atoms with Gasteiger partial charge in [-0.15, -0.1) is 0 Å². The van der Waals surface area contributed by atoms with Crippen LogP contribution >= 0.6 is 46.4 Å². The van der Waals surface area contributed by atoms with Crippen LogP contribution < -0.4 is 0 Å². The minimum Gasteiger partial charge on any atom is -0.481 e. The second-order valence-corrected chi connectivity index (χ2v) is 5.59. The van der Waals surface area contributed by atoms with Gasteiger partial charge in [-0.1, -0.05) is 46.4 Å². The average Bonchev–Trinajstić information content (AvgIpc) is 2.33. The Morgan fingerprint density at radius 1 is 1.10 bits per heavy atom. The van der Waals surface area contributed by atoms with Gasteiger partial charge in [0.2, 0.25) is 0 Å². The first kappa shape index (κ1) is 15.4. The zero-order chi connectivity index (χ0) is 14.9. The molecule has 0 saturated carbocycles. The fourth-order valence-electron chi connectivity index (χ4n) is 1.77. The summed E-state index contributed by atoms with van der Waals surface area (Å²) in [6, 6.07) is 4.59. The first-order valence-electron chi connectivity index (χ1n) is 5.39. The van der Waals surface area contributed by atoms with Gasteiger partial charge < -0.3 is 5.11 Å². The highest BCUT2D eigenvalue weighted by Crippen LogP contribution is 2.38. The third-order valence-corrected chi connectivity index (χ3v) is 3.81. The maximum Gasteiger partial charge on any atom is 0.307 e. The number of hydrogen-bond acceptors (Lipinski definition) is 2. The molecule has 0 atom stereocenters. The van der Waals surface area contributed by atoms with Crippen molar-refractivity contribution in [3.63, 3.8) is 0 Å². The molecule has 1 N–H and O–H groups in total. The van der Waals surface area contributed by atoms with Crippen LogP contribution in [0, 0.1) is 0 Å². The van der Waals surface area contributed by atoms with Crippen molar-refractivity contribution < 1.29 is 9.90 Å². The van der Waals surface area contributed by atoms with Crippen molar-refractivity contribution in [1.29, 1.82) is 0 Å². The van der Waals surface area contributed by atoms with Crippen LogP contribution in [0.1, 0.15) is 5.56 Å². The van der Waals surface area contributed by atoms with Gasteiger partial charge in [0.15, 0.2) is 0 Å². The largest absolute Gasteiger partial charge is 0.481 e. The Kier molecular flexibility index (Phi) is 4.76. The molecule has 1 aromatic heterocycles. The van der Waals surface area contributed by atoms with Crippen LogP contribution in [0.25, 0.3) is 11.1 Å². The van der Waals surface area contributed by atoms with E-state index in [0.717, 1.165) is 0 Å². The summed E-state index contributed by atoms with van der Waals surface area (Å²) in [5.41, 5.74) is 1.54. The van der Waals surface area contributed by atoms with Crippen LogP contribution in [0.15, 0.2) is 24.4 Å². The van der Waals surface area contributed by atoms with E-state index in [1.54, 1.807) is 6.07 Å². The van der Waals surface area contributed by atoms with Crippen molar-refractivity contribution >= 4 is 52.4 Å². The Hall–Kier alpha value is -1.000. The molecule has 7 heteroatoms. The monoisotopic (exact) mass is 349 g/mol. The number of carboxylic acids is 1. The lowest BCUT2D eigenvalue weighted by molar-refractivity contribution is -0.136. The van der Waals surface area contributed by atoms with Crippen LogP contribution in [0.2, 0.25) is 20.2 Å². The summed E-state index contributed by atoms with van der Waals surface area (Å²) < 4.78 is 0. The van der Waals surface area contributed by atoms with E-state index in [-0.39, 0.29) is 21.6 Å². The van der Waals surface area contributed by atoms with E-state index in [2.05, 4.69) is 4.98 Å². The summed E-state index contributed by atoms with van der Waals surface area (Å²) in [6.07, 6.45) is 1.24. The molecule has 104 valence electrons. The molecule has 0 amide bonds. The van der Waals surface area contributed by atoms with Crippen LogP contribution in [-0.4, -0.2) is 16.1 Å². The van der Waals surface area contributed by atoms with E-state index in [1.807, 2.05) is 0 Å². The fourth-order valence-corrected chi connectivity index (χ4v) is 2.66. The van der Waals surface area contributed by atoms with Crippen molar-refractivity contribution in [2.45, 2.75) is 6.42 Å². The van der Waals surface area contributed by atoms with Crippen LogP contribution in [-0.2, 0) is 11.2 Å². The number of carboxylic acid groups (broad SMARTS) is 1. The first-order chi connectivity index (χ1) is 9.38. The van der Waals surface area contributed by atoms with E-state index in [9.17, 15) is 4.79 Å². The molecule has 2 rings (SSSR count). The predicted molar refractivity (Wildman–Crippen MR) is 81.1 cm³/mol. The number of hydrogen-bond donors (Lipinski definition) is 1. The summed E-state index contributed by atoms with van der Waals surface area (Å²) in [5, 5.41) is 10.1. The van der Waals surface area contributed by atoms with Gasteiger partial charge in [0.25, 0.3) is 0 Å². The van der Waals surface area contributed by atoms with Gasteiger partial charge in [0.05, 0.1) is 16.5 Å². The van der Waals surface area contributed by atoms with E-state index in [4.69, 9.17) is 51.5 Å². The number of nitrogens with zero attached hydrogens (tertiary/aromatic N) is 1. The van der Waals surface area contributed by atoms with E-state index >= 15 is 0 Å². The molecule has 1 heterocycles. The van der Waals surface area contributed by atoms with Gasteiger partial charge in [0.1, 0.15) is 5.15 Å². The Morgan fingerprint density at radius 2 is 1.80 bits per heavy atom. The van der Waals surface area contributed by atoms with Crippen molar-refractivity contribution in [2.24, 2.45) is 0 Å². The highest BCUT2D eigenvalue weighted by molar-refractivity contribution is 6.45. The van der Waals surface area contributed by atoms with Crippen molar-refractivity contribution in [3.8, 4) is 11.1 Å². The molecular weight excluding hydrogens is 344 g/mol. The summed E-state index contributed by atoms with van der Waals surface area (Å²) in [4.78, 5) is 14.9. The normalized spacial score (nSPS) is 10.6. The summed E-state index contributed by atoms with van der Waals surface area (Å²) >= 11 is 23.9. The predicted octanol–water partition coefficient (Wildman–Crippen LogP) is 4.99. The molecule has 0 fully saturated rings. The Bertz CT molecular complexity index is 688. The Labute approximate surface area is 135 Å². The lowest BCUT2D eigenvalue weighted by Crippen LogP contribution is -2.03. The quantitative estimate of drug-likeness (QED) is 0.626. The molecule has 0 aliphatic heterocycles. The van der Waals surface area contributed by atoms with E-state index < -0.39 is 5.97 Å². The van der Waals surface area contributed by atoms with Gasteiger partial charge in [-0.05, 0) is 23.8 Å². The molecule has 0 unspecified atom stereocenters. The number of halogens is 4.